The van der Waals surface area contributed by atoms with Crippen molar-refractivity contribution >= 4 is 17.3 Å². The Morgan fingerprint density at radius 1 is 1.00 bits per heavy atom. The molecule has 1 heterocycles. The highest BCUT2D eigenvalue weighted by molar-refractivity contribution is 7.70. The molecule has 2 radical (unpaired) electrons. The second-order valence-electron chi connectivity index (χ2n) is 2.27. The molecule has 1 saturated heterocycles. The summed E-state index contributed by atoms with van der Waals surface area (Å²) in [5.41, 5.74) is 0. The fraction of sp³-hybridized carbons (Fsp3) is 1.00. The lowest BCUT2D eigenvalue weighted by molar-refractivity contribution is 0.702. The first kappa shape index (κ1) is 6.76. The standard InChI is InChI=1S/C6H13PSi/c1-2-4-6-8-7-5-3-1/h7H,1-6H2. The van der Waals surface area contributed by atoms with Crippen molar-refractivity contribution in [1.29, 1.82) is 0 Å². The Kier molecular flexibility index (Phi) is 3.82. The van der Waals surface area contributed by atoms with Gasteiger partial charge < -0.3 is 0 Å². The van der Waals surface area contributed by atoms with Crippen LogP contribution in [0.2, 0.25) is 6.04 Å². The van der Waals surface area contributed by atoms with Gasteiger partial charge in [-0.1, -0.05) is 25.3 Å². The van der Waals surface area contributed by atoms with Crippen molar-refractivity contribution in [2.75, 3.05) is 6.16 Å². The van der Waals surface area contributed by atoms with Gasteiger partial charge >= 0.3 is 0 Å². The van der Waals surface area contributed by atoms with Crippen molar-refractivity contribution in [3.8, 4) is 0 Å². The Labute approximate surface area is 55.9 Å². The van der Waals surface area contributed by atoms with Gasteiger partial charge in [-0.2, -0.15) is 0 Å². The summed E-state index contributed by atoms with van der Waals surface area (Å²) in [6.45, 7) is 0. The molecule has 0 N–H and O–H groups in total. The van der Waals surface area contributed by atoms with Crippen molar-refractivity contribution in [3.63, 3.8) is 0 Å². The van der Waals surface area contributed by atoms with E-state index in [-0.39, 0.29) is 0 Å². The Morgan fingerprint density at radius 3 is 2.88 bits per heavy atom. The van der Waals surface area contributed by atoms with Crippen molar-refractivity contribution in [1.82, 2.24) is 0 Å². The summed E-state index contributed by atoms with van der Waals surface area (Å²) in [5.74, 6) is 0. The predicted molar refractivity (Wildman–Crippen MR) is 42.2 cm³/mol. The van der Waals surface area contributed by atoms with Gasteiger partial charge in [0, 0.05) is 0 Å². The third-order valence-corrected chi connectivity index (χ3v) is 5.19. The van der Waals surface area contributed by atoms with Gasteiger partial charge in [0.2, 0.25) is 0 Å². The summed E-state index contributed by atoms with van der Waals surface area (Å²) in [5, 5.41) is 0. The summed E-state index contributed by atoms with van der Waals surface area (Å²) < 4.78 is 0. The van der Waals surface area contributed by atoms with Crippen molar-refractivity contribution in [2.45, 2.75) is 31.7 Å². The number of hydrogen-bond acceptors (Lipinski definition) is 0. The fourth-order valence-corrected chi connectivity index (χ4v) is 4.29. The summed E-state index contributed by atoms with van der Waals surface area (Å²) in [4.78, 5) is 0. The van der Waals surface area contributed by atoms with Gasteiger partial charge in [0.1, 0.15) is 0 Å². The molecule has 1 rings (SSSR count). The van der Waals surface area contributed by atoms with Crippen LogP contribution in [0.3, 0.4) is 0 Å². The molecule has 1 atom stereocenters. The molecule has 8 heavy (non-hydrogen) atoms. The van der Waals surface area contributed by atoms with Crippen LogP contribution in [0.25, 0.3) is 0 Å². The molecule has 1 aliphatic heterocycles. The largest absolute Gasteiger partial charge is 0.138 e. The summed E-state index contributed by atoms with van der Waals surface area (Å²) in [7, 11) is 2.64. The highest BCUT2D eigenvalue weighted by atomic mass is 31.3. The molecule has 0 aromatic rings. The normalized spacial score (nSPS) is 27.0. The van der Waals surface area contributed by atoms with Gasteiger partial charge in [0.15, 0.2) is 0 Å². The van der Waals surface area contributed by atoms with Crippen LogP contribution < -0.4 is 0 Å². The van der Waals surface area contributed by atoms with E-state index in [9.17, 15) is 0 Å². The zero-order valence-electron chi connectivity index (χ0n) is 5.24. The Balaban J connectivity index is 2.00. The predicted octanol–water partition coefficient (Wildman–Crippen LogP) is 2.28. The molecule has 1 fully saturated rings. The molecular weight excluding hydrogens is 131 g/mol. The van der Waals surface area contributed by atoms with Gasteiger partial charge in [0.05, 0.1) is 9.19 Å². The van der Waals surface area contributed by atoms with Gasteiger partial charge in [-0.3, -0.25) is 0 Å². The molecule has 1 unspecified atom stereocenters. The summed E-state index contributed by atoms with van der Waals surface area (Å²) >= 11 is 0. The van der Waals surface area contributed by atoms with Crippen LogP contribution in [0.4, 0.5) is 0 Å². The molecule has 46 valence electrons. The van der Waals surface area contributed by atoms with Crippen LogP contribution in [-0.4, -0.2) is 15.3 Å². The third kappa shape index (κ3) is 2.83. The van der Waals surface area contributed by atoms with Crippen LogP contribution in [0.5, 0.6) is 0 Å². The Hall–Kier alpha value is 0.647. The van der Waals surface area contributed by atoms with E-state index in [1.54, 1.807) is 12.2 Å². The van der Waals surface area contributed by atoms with Crippen molar-refractivity contribution in [3.05, 3.63) is 0 Å². The summed E-state index contributed by atoms with van der Waals surface area (Å²) in [6, 6.07) is 1.54. The molecule has 1 aliphatic rings. The molecule has 0 saturated carbocycles. The first-order chi connectivity index (χ1) is 4.00. The quantitative estimate of drug-likeness (QED) is 0.361. The first-order valence-electron chi connectivity index (χ1n) is 3.46. The fourth-order valence-electron chi connectivity index (χ4n) is 0.957. The van der Waals surface area contributed by atoms with E-state index in [1.807, 2.05) is 0 Å². The van der Waals surface area contributed by atoms with E-state index < -0.39 is 0 Å². The minimum absolute atomic E-state index is 1.32. The Morgan fingerprint density at radius 2 is 1.88 bits per heavy atom. The number of rotatable bonds is 0. The summed E-state index contributed by atoms with van der Waals surface area (Å²) in [6.07, 6.45) is 7.60. The Bertz CT molecular complexity index is 32.5. The lowest BCUT2D eigenvalue weighted by Crippen LogP contribution is -1.90. The van der Waals surface area contributed by atoms with E-state index in [0.717, 1.165) is 0 Å². The first-order valence-corrected chi connectivity index (χ1v) is 6.87. The zero-order valence-corrected chi connectivity index (χ0v) is 7.24. The molecule has 0 amide bonds. The highest BCUT2D eigenvalue weighted by Crippen LogP contribution is 2.18. The van der Waals surface area contributed by atoms with Crippen molar-refractivity contribution in [2.24, 2.45) is 0 Å². The van der Waals surface area contributed by atoms with E-state index in [0.29, 0.717) is 0 Å². The molecule has 0 spiro atoms. The number of hydrogen-bond donors (Lipinski definition) is 0. The van der Waals surface area contributed by atoms with E-state index in [1.165, 1.54) is 43.0 Å². The molecule has 0 nitrogen and oxygen atoms in total. The minimum Gasteiger partial charge on any atom is -0.138 e. The topological polar surface area (TPSA) is 0 Å². The average molecular weight is 144 g/mol. The van der Waals surface area contributed by atoms with Crippen LogP contribution in [-0.2, 0) is 0 Å². The third-order valence-electron chi connectivity index (χ3n) is 1.48. The second-order valence-corrected chi connectivity index (χ2v) is 6.10. The van der Waals surface area contributed by atoms with Gasteiger partial charge in [-0.15, -0.1) is 8.13 Å². The van der Waals surface area contributed by atoms with Gasteiger partial charge in [-0.25, -0.2) is 0 Å². The van der Waals surface area contributed by atoms with E-state index in [4.69, 9.17) is 0 Å². The van der Waals surface area contributed by atoms with Crippen molar-refractivity contribution < 1.29 is 0 Å². The minimum atomic E-state index is 1.32. The van der Waals surface area contributed by atoms with Crippen LogP contribution in [0.1, 0.15) is 25.7 Å². The smallest absolute Gasteiger partial charge is 0.0708 e. The lowest BCUT2D eigenvalue weighted by Gasteiger charge is -2.05. The van der Waals surface area contributed by atoms with Crippen LogP contribution in [0, 0.1) is 0 Å². The molecule has 2 heteroatoms. The van der Waals surface area contributed by atoms with Crippen LogP contribution >= 0.6 is 8.13 Å². The SMILES string of the molecule is C1CCCP[Si]CC1. The van der Waals surface area contributed by atoms with E-state index >= 15 is 0 Å². The zero-order chi connectivity index (χ0) is 5.66. The van der Waals surface area contributed by atoms with Gasteiger partial charge in [0.25, 0.3) is 0 Å². The molecule has 0 bridgehead atoms. The maximum Gasteiger partial charge on any atom is 0.0708 e. The average Bonchev–Trinajstić information content (AvgIpc) is 1.62. The van der Waals surface area contributed by atoms with Gasteiger partial charge in [-0.05, 0) is 12.6 Å². The highest BCUT2D eigenvalue weighted by Gasteiger charge is 1.96. The second kappa shape index (κ2) is 4.52. The maximum atomic E-state index is 1.54. The maximum absolute atomic E-state index is 1.54. The molecule has 0 aliphatic carbocycles. The molecule has 0 aromatic heterocycles. The lowest BCUT2D eigenvalue weighted by atomic mass is 10.2. The van der Waals surface area contributed by atoms with E-state index in [2.05, 4.69) is 0 Å². The molecule has 0 aromatic carbocycles. The molecular formula is C6H13PSi. The monoisotopic (exact) mass is 144 g/mol. The van der Waals surface area contributed by atoms with Crippen LogP contribution in [0.15, 0.2) is 0 Å².